The van der Waals surface area contributed by atoms with Gasteiger partial charge in [0.05, 0.1) is 18.3 Å². The van der Waals surface area contributed by atoms with E-state index in [4.69, 9.17) is 15.7 Å². The highest BCUT2D eigenvalue weighted by atomic mass is 16.1. The average molecular weight is 489 g/mol. The molecule has 0 saturated carbocycles. The Labute approximate surface area is 210 Å². The number of nitrogens with one attached hydrogen (secondary N) is 2. The molecule has 10 heteroatoms. The van der Waals surface area contributed by atoms with E-state index in [-0.39, 0.29) is 24.4 Å². The minimum Gasteiger partial charge on any atom is -0.369 e. The van der Waals surface area contributed by atoms with Gasteiger partial charge in [0.1, 0.15) is 5.82 Å². The fourth-order valence-electron chi connectivity index (χ4n) is 4.31. The number of nitrogens with zero attached hydrogens (tertiary/aromatic N) is 5. The van der Waals surface area contributed by atoms with Crippen molar-refractivity contribution in [2.45, 2.75) is 19.5 Å². The molecule has 1 fully saturated rings. The number of amides is 2. The highest BCUT2D eigenvalue weighted by Gasteiger charge is 2.31. The van der Waals surface area contributed by atoms with E-state index in [0.29, 0.717) is 37.8 Å². The van der Waals surface area contributed by atoms with Crippen LogP contribution in [-0.4, -0.2) is 75.8 Å². The molecule has 3 heterocycles. The molecule has 2 aromatic heterocycles. The maximum atomic E-state index is 11.9. The molecule has 10 nitrogen and oxygen atoms in total. The van der Waals surface area contributed by atoms with Gasteiger partial charge in [-0.1, -0.05) is 30.3 Å². The van der Waals surface area contributed by atoms with Crippen molar-refractivity contribution in [1.29, 1.82) is 0 Å². The first-order valence-electron chi connectivity index (χ1n) is 12.0. The lowest BCUT2D eigenvalue weighted by Gasteiger charge is -2.40. The molecule has 1 aliphatic rings. The predicted molar refractivity (Wildman–Crippen MR) is 138 cm³/mol. The van der Waals surface area contributed by atoms with Crippen molar-refractivity contribution in [1.82, 2.24) is 30.1 Å². The second-order valence-electron chi connectivity index (χ2n) is 8.82. The SMILES string of the molecule is CC(=O)NCCNc1cc(C2CN(Cc3ccncc3)CCN2CC(N)=O)nc(-c2ccccc2)n1. The van der Waals surface area contributed by atoms with Gasteiger partial charge in [0, 0.05) is 70.2 Å². The largest absolute Gasteiger partial charge is 0.369 e. The molecule has 1 unspecified atom stereocenters. The van der Waals surface area contributed by atoms with Crippen LogP contribution in [0.25, 0.3) is 11.4 Å². The predicted octanol–water partition coefficient (Wildman–Crippen LogP) is 1.43. The molecular weight excluding hydrogens is 456 g/mol. The number of piperazine rings is 1. The number of benzene rings is 1. The molecule has 0 aliphatic carbocycles. The Morgan fingerprint density at radius 1 is 1.06 bits per heavy atom. The van der Waals surface area contributed by atoms with E-state index in [1.54, 1.807) is 12.4 Å². The van der Waals surface area contributed by atoms with Gasteiger partial charge < -0.3 is 16.4 Å². The molecular formula is C26H32N8O2. The first-order chi connectivity index (χ1) is 17.5. The highest BCUT2D eigenvalue weighted by Crippen LogP contribution is 2.28. The Bertz CT molecular complexity index is 1160. The lowest BCUT2D eigenvalue weighted by molar-refractivity contribution is -0.120. The number of carbonyl (C=O) groups excluding carboxylic acids is 2. The molecule has 0 spiro atoms. The summed E-state index contributed by atoms with van der Waals surface area (Å²) in [6.07, 6.45) is 3.59. The molecule has 0 radical (unpaired) electrons. The number of anilines is 1. The van der Waals surface area contributed by atoms with E-state index < -0.39 is 0 Å². The van der Waals surface area contributed by atoms with Crippen LogP contribution in [0.4, 0.5) is 5.82 Å². The van der Waals surface area contributed by atoms with Crippen LogP contribution in [-0.2, 0) is 16.1 Å². The highest BCUT2D eigenvalue weighted by molar-refractivity contribution is 5.76. The summed E-state index contributed by atoms with van der Waals surface area (Å²) in [6.45, 7) is 5.61. The number of primary amides is 1. The molecule has 188 valence electrons. The third kappa shape index (κ3) is 7.06. The fraction of sp³-hybridized carbons (Fsp3) is 0.346. The third-order valence-electron chi connectivity index (χ3n) is 6.01. The van der Waals surface area contributed by atoms with Gasteiger partial charge >= 0.3 is 0 Å². The van der Waals surface area contributed by atoms with Gasteiger partial charge in [-0.15, -0.1) is 0 Å². The first kappa shape index (κ1) is 25.2. The van der Waals surface area contributed by atoms with Crippen LogP contribution < -0.4 is 16.4 Å². The van der Waals surface area contributed by atoms with E-state index in [1.165, 1.54) is 12.5 Å². The van der Waals surface area contributed by atoms with Gasteiger partial charge in [0.15, 0.2) is 5.82 Å². The van der Waals surface area contributed by atoms with E-state index >= 15 is 0 Å². The summed E-state index contributed by atoms with van der Waals surface area (Å²) in [5.74, 6) is 0.812. The molecule has 4 N–H and O–H groups in total. The summed E-state index contributed by atoms with van der Waals surface area (Å²) >= 11 is 0. The standard InChI is InChI=1S/C26H32N8O2/c1-19(35)29-11-12-30-25-15-22(31-26(32-25)21-5-3-2-4-6-21)23-17-33(13-14-34(23)18-24(27)36)16-20-7-9-28-10-8-20/h2-10,15,23H,11-14,16-18H2,1H3,(H2,27,36)(H,29,35)(H,30,31,32). The summed E-state index contributed by atoms with van der Waals surface area (Å²) in [6, 6.07) is 15.6. The van der Waals surface area contributed by atoms with E-state index in [1.807, 2.05) is 48.5 Å². The van der Waals surface area contributed by atoms with E-state index in [0.717, 1.165) is 24.3 Å². The minimum atomic E-state index is -0.367. The Morgan fingerprint density at radius 3 is 2.56 bits per heavy atom. The fourth-order valence-corrected chi connectivity index (χ4v) is 4.31. The van der Waals surface area contributed by atoms with Gasteiger partial charge in [-0.05, 0) is 17.7 Å². The topological polar surface area (TPSA) is 129 Å². The number of hydrogen-bond donors (Lipinski definition) is 3. The monoisotopic (exact) mass is 488 g/mol. The van der Waals surface area contributed by atoms with Crippen molar-refractivity contribution in [2.24, 2.45) is 5.73 Å². The maximum Gasteiger partial charge on any atom is 0.231 e. The number of rotatable bonds is 10. The molecule has 2 amide bonds. The molecule has 1 atom stereocenters. The lowest BCUT2D eigenvalue weighted by Crippen LogP contribution is -2.50. The minimum absolute atomic E-state index is 0.0799. The number of carbonyl (C=O) groups is 2. The zero-order valence-corrected chi connectivity index (χ0v) is 20.4. The first-order valence-corrected chi connectivity index (χ1v) is 12.0. The van der Waals surface area contributed by atoms with Crippen molar-refractivity contribution in [3.05, 3.63) is 72.2 Å². The third-order valence-corrected chi connectivity index (χ3v) is 6.01. The van der Waals surface area contributed by atoms with Crippen molar-refractivity contribution in [3.8, 4) is 11.4 Å². The normalized spacial score (nSPS) is 16.4. The van der Waals surface area contributed by atoms with Gasteiger partial charge in [0.2, 0.25) is 11.8 Å². The van der Waals surface area contributed by atoms with Crippen LogP contribution in [0.3, 0.4) is 0 Å². The Morgan fingerprint density at radius 2 is 1.83 bits per heavy atom. The Kier molecular flexibility index (Phi) is 8.53. The Hall–Kier alpha value is -3.89. The van der Waals surface area contributed by atoms with Gasteiger partial charge in [-0.25, -0.2) is 9.97 Å². The summed E-state index contributed by atoms with van der Waals surface area (Å²) < 4.78 is 0. The smallest absolute Gasteiger partial charge is 0.231 e. The molecule has 36 heavy (non-hydrogen) atoms. The van der Waals surface area contributed by atoms with Crippen LogP contribution in [0.5, 0.6) is 0 Å². The van der Waals surface area contributed by atoms with E-state index in [9.17, 15) is 9.59 Å². The molecule has 1 aliphatic heterocycles. The van der Waals surface area contributed by atoms with Crippen molar-refractivity contribution in [3.63, 3.8) is 0 Å². The zero-order valence-electron chi connectivity index (χ0n) is 20.4. The Balaban J connectivity index is 1.63. The molecule has 3 aromatic rings. The molecule has 1 saturated heterocycles. The van der Waals surface area contributed by atoms with Gasteiger partial charge in [-0.2, -0.15) is 0 Å². The van der Waals surface area contributed by atoms with Crippen LogP contribution >= 0.6 is 0 Å². The van der Waals surface area contributed by atoms with Gasteiger partial charge in [0.25, 0.3) is 0 Å². The van der Waals surface area contributed by atoms with Crippen LogP contribution in [0.15, 0.2) is 60.9 Å². The molecule has 4 rings (SSSR count). The maximum absolute atomic E-state index is 11.9. The summed E-state index contributed by atoms with van der Waals surface area (Å²) in [5.41, 5.74) is 8.49. The van der Waals surface area contributed by atoms with Crippen molar-refractivity contribution in [2.75, 3.05) is 44.6 Å². The molecule has 0 bridgehead atoms. The van der Waals surface area contributed by atoms with Crippen LogP contribution in [0.1, 0.15) is 24.2 Å². The van der Waals surface area contributed by atoms with E-state index in [2.05, 4.69) is 25.4 Å². The average Bonchev–Trinajstić information content (AvgIpc) is 2.88. The van der Waals surface area contributed by atoms with Crippen molar-refractivity contribution < 1.29 is 9.59 Å². The lowest BCUT2D eigenvalue weighted by atomic mass is 10.1. The van der Waals surface area contributed by atoms with Crippen LogP contribution in [0, 0.1) is 0 Å². The van der Waals surface area contributed by atoms with Gasteiger partial charge in [-0.3, -0.25) is 24.4 Å². The summed E-state index contributed by atoms with van der Waals surface area (Å²) in [4.78, 5) is 41.3. The second-order valence-corrected chi connectivity index (χ2v) is 8.82. The zero-order chi connectivity index (χ0) is 25.3. The van der Waals surface area contributed by atoms with Crippen LogP contribution in [0.2, 0.25) is 0 Å². The van der Waals surface area contributed by atoms with Crippen molar-refractivity contribution >= 4 is 17.6 Å². The second kappa shape index (κ2) is 12.2. The number of pyridine rings is 1. The summed E-state index contributed by atoms with van der Waals surface area (Å²) in [7, 11) is 0. The number of aromatic nitrogens is 3. The number of hydrogen-bond acceptors (Lipinski definition) is 8. The number of nitrogens with two attached hydrogens (primary N) is 1. The summed E-state index contributed by atoms with van der Waals surface area (Å²) in [5, 5.41) is 6.08. The molecule has 1 aromatic carbocycles. The quantitative estimate of drug-likeness (QED) is 0.366.